The van der Waals surface area contributed by atoms with Gasteiger partial charge in [0, 0.05) is 12.1 Å². The lowest BCUT2D eigenvalue weighted by Crippen LogP contribution is -2.00. The molecule has 0 aliphatic heterocycles. The minimum Gasteiger partial charge on any atom is -0.493 e. The Labute approximate surface area is 120 Å². The van der Waals surface area contributed by atoms with Crippen molar-refractivity contribution in [3.63, 3.8) is 0 Å². The van der Waals surface area contributed by atoms with E-state index in [1.807, 2.05) is 19.1 Å². The van der Waals surface area contributed by atoms with Gasteiger partial charge in [-0.05, 0) is 40.5 Å². The summed E-state index contributed by atoms with van der Waals surface area (Å²) >= 11 is 3.33. The van der Waals surface area contributed by atoms with Gasteiger partial charge < -0.3 is 20.2 Å². The molecule has 0 amide bonds. The number of methoxy groups -OCH3 is 2. The summed E-state index contributed by atoms with van der Waals surface area (Å²) in [6, 6.07) is 3.84. The van der Waals surface area contributed by atoms with Crippen LogP contribution in [0.15, 0.2) is 16.9 Å². The van der Waals surface area contributed by atoms with E-state index < -0.39 is 0 Å². The molecule has 0 aliphatic rings. The van der Waals surface area contributed by atoms with Crippen molar-refractivity contribution >= 4 is 15.9 Å². The minimum atomic E-state index is 0.391. The Kier molecular flexibility index (Phi) is 4.11. The van der Waals surface area contributed by atoms with E-state index >= 15 is 0 Å². The van der Waals surface area contributed by atoms with Crippen molar-refractivity contribution in [2.45, 2.75) is 13.5 Å². The number of aromatic amines is 1. The predicted molar refractivity (Wildman–Crippen MR) is 77.5 cm³/mol. The van der Waals surface area contributed by atoms with Crippen molar-refractivity contribution in [1.29, 1.82) is 0 Å². The van der Waals surface area contributed by atoms with E-state index in [2.05, 4.69) is 25.9 Å². The van der Waals surface area contributed by atoms with E-state index in [0.717, 1.165) is 22.5 Å². The van der Waals surface area contributed by atoms with Crippen LogP contribution in [-0.2, 0) is 6.54 Å². The zero-order valence-corrected chi connectivity index (χ0v) is 12.7. The third-order valence-corrected chi connectivity index (χ3v) is 3.32. The molecule has 0 fully saturated rings. The van der Waals surface area contributed by atoms with E-state index in [0.29, 0.717) is 22.8 Å². The second-order valence-corrected chi connectivity index (χ2v) is 4.83. The third kappa shape index (κ3) is 2.59. The van der Waals surface area contributed by atoms with Crippen molar-refractivity contribution in [3.05, 3.63) is 28.1 Å². The van der Waals surface area contributed by atoms with Gasteiger partial charge in [0.15, 0.2) is 16.2 Å². The van der Waals surface area contributed by atoms with Gasteiger partial charge in [-0.25, -0.2) is 4.98 Å². The van der Waals surface area contributed by atoms with Gasteiger partial charge in [0.25, 0.3) is 0 Å². The zero-order valence-electron chi connectivity index (χ0n) is 11.1. The van der Waals surface area contributed by atoms with E-state index in [1.54, 1.807) is 14.2 Å². The molecule has 1 aromatic heterocycles. The number of aryl methyl sites for hydroxylation is 1. The SMILES string of the molecule is COc1cc(C)c(-c2nc(Br)[nH]c2CN)cc1OC. The van der Waals surface area contributed by atoms with E-state index in [-0.39, 0.29) is 0 Å². The van der Waals surface area contributed by atoms with Crippen molar-refractivity contribution < 1.29 is 9.47 Å². The first-order valence-electron chi connectivity index (χ1n) is 5.78. The number of nitrogens with one attached hydrogen (secondary N) is 1. The fourth-order valence-corrected chi connectivity index (χ4v) is 2.40. The van der Waals surface area contributed by atoms with Crippen molar-refractivity contribution in [2.75, 3.05) is 14.2 Å². The van der Waals surface area contributed by atoms with Gasteiger partial charge >= 0.3 is 0 Å². The van der Waals surface area contributed by atoms with Crippen LogP contribution in [0, 0.1) is 6.92 Å². The quantitative estimate of drug-likeness (QED) is 0.906. The molecule has 1 aromatic carbocycles. The third-order valence-electron chi connectivity index (χ3n) is 2.94. The van der Waals surface area contributed by atoms with Crippen LogP contribution in [0.25, 0.3) is 11.3 Å². The number of halogens is 1. The summed E-state index contributed by atoms with van der Waals surface area (Å²) in [4.78, 5) is 7.52. The number of hydrogen-bond acceptors (Lipinski definition) is 4. The van der Waals surface area contributed by atoms with Crippen LogP contribution in [0.1, 0.15) is 11.3 Å². The van der Waals surface area contributed by atoms with Gasteiger partial charge in [-0.2, -0.15) is 0 Å². The van der Waals surface area contributed by atoms with Crippen molar-refractivity contribution in [2.24, 2.45) is 5.73 Å². The summed E-state index contributed by atoms with van der Waals surface area (Å²) in [5.41, 5.74) is 9.45. The lowest BCUT2D eigenvalue weighted by atomic mass is 10.0. The van der Waals surface area contributed by atoms with Crippen molar-refractivity contribution in [1.82, 2.24) is 9.97 Å². The molecular weight excluding hydrogens is 310 g/mol. The molecule has 0 unspecified atom stereocenters. The molecule has 5 nitrogen and oxygen atoms in total. The number of nitrogens with two attached hydrogens (primary N) is 1. The summed E-state index contributed by atoms with van der Waals surface area (Å²) < 4.78 is 11.3. The molecule has 2 rings (SSSR count). The highest BCUT2D eigenvalue weighted by molar-refractivity contribution is 9.10. The monoisotopic (exact) mass is 325 g/mol. The predicted octanol–water partition coefficient (Wildman–Crippen LogP) is 2.62. The molecule has 0 saturated carbocycles. The average molecular weight is 326 g/mol. The molecule has 0 atom stereocenters. The number of benzene rings is 1. The summed E-state index contributed by atoms with van der Waals surface area (Å²) in [7, 11) is 3.23. The zero-order chi connectivity index (χ0) is 14.0. The summed E-state index contributed by atoms with van der Waals surface area (Å²) in [5, 5.41) is 0. The topological polar surface area (TPSA) is 73.2 Å². The number of hydrogen-bond donors (Lipinski definition) is 2. The molecule has 0 bridgehead atoms. The first-order chi connectivity index (χ1) is 9.10. The summed E-state index contributed by atoms with van der Waals surface area (Å²) in [6.07, 6.45) is 0. The molecule has 2 aromatic rings. The number of nitrogens with zero attached hydrogens (tertiary/aromatic N) is 1. The normalized spacial score (nSPS) is 10.6. The lowest BCUT2D eigenvalue weighted by Gasteiger charge is -2.12. The van der Waals surface area contributed by atoms with Gasteiger partial charge in [0.1, 0.15) is 0 Å². The van der Waals surface area contributed by atoms with Crippen LogP contribution in [0.2, 0.25) is 0 Å². The Morgan fingerprint density at radius 3 is 2.47 bits per heavy atom. The molecule has 0 aliphatic carbocycles. The fourth-order valence-electron chi connectivity index (χ4n) is 1.98. The van der Waals surface area contributed by atoms with Crippen molar-refractivity contribution in [3.8, 4) is 22.8 Å². The summed E-state index contributed by atoms with van der Waals surface area (Å²) in [5.74, 6) is 1.37. The molecule has 0 saturated heterocycles. The highest BCUT2D eigenvalue weighted by Crippen LogP contribution is 2.36. The smallest absolute Gasteiger partial charge is 0.175 e. The molecule has 19 heavy (non-hydrogen) atoms. The molecule has 3 N–H and O–H groups in total. The maximum absolute atomic E-state index is 5.73. The highest BCUT2D eigenvalue weighted by atomic mass is 79.9. The Bertz CT molecular complexity index is 596. The average Bonchev–Trinajstić information content (AvgIpc) is 2.79. The maximum Gasteiger partial charge on any atom is 0.175 e. The van der Waals surface area contributed by atoms with Crippen LogP contribution in [-0.4, -0.2) is 24.2 Å². The second-order valence-electron chi connectivity index (χ2n) is 4.08. The van der Waals surface area contributed by atoms with E-state index in [1.165, 1.54) is 0 Å². The molecular formula is C13H16BrN3O2. The minimum absolute atomic E-state index is 0.391. The summed E-state index contributed by atoms with van der Waals surface area (Å²) in [6.45, 7) is 2.39. The van der Waals surface area contributed by atoms with E-state index in [4.69, 9.17) is 15.2 Å². The maximum atomic E-state index is 5.73. The van der Waals surface area contributed by atoms with E-state index in [9.17, 15) is 0 Å². The van der Waals surface area contributed by atoms with Crippen LogP contribution < -0.4 is 15.2 Å². The number of rotatable bonds is 4. The standard InChI is InChI=1S/C13H16BrN3O2/c1-7-4-10(18-2)11(19-3)5-8(7)12-9(6-15)16-13(14)17-12/h4-5H,6,15H2,1-3H3,(H,16,17). The van der Waals surface area contributed by atoms with Gasteiger partial charge in [0.2, 0.25) is 0 Å². The molecule has 6 heteroatoms. The molecule has 102 valence electrons. The van der Waals surface area contributed by atoms with Crippen LogP contribution in [0.3, 0.4) is 0 Å². The Hall–Kier alpha value is -1.53. The van der Waals surface area contributed by atoms with Crippen LogP contribution in [0.5, 0.6) is 11.5 Å². The largest absolute Gasteiger partial charge is 0.493 e. The highest BCUT2D eigenvalue weighted by Gasteiger charge is 2.15. The number of ether oxygens (including phenoxy) is 2. The van der Waals surface area contributed by atoms with Crippen LogP contribution in [0.4, 0.5) is 0 Å². The second kappa shape index (κ2) is 5.63. The van der Waals surface area contributed by atoms with Gasteiger partial charge in [-0.1, -0.05) is 0 Å². The Morgan fingerprint density at radius 1 is 1.26 bits per heavy atom. The lowest BCUT2D eigenvalue weighted by molar-refractivity contribution is 0.355. The van der Waals surface area contributed by atoms with Gasteiger partial charge in [-0.3, -0.25) is 0 Å². The molecule has 0 spiro atoms. The number of imidazole rings is 1. The van der Waals surface area contributed by atoms with Gasteiger partial charge in [0.05, 0.1) is 25.6 Å². The first-order valence-corrected chi connectivity index (χ1v) is 6.57. The molecule has 1 heterocycles. The number of H-pyrrole nitrogens is 1. The Morgan fingerprint density at radius 2 is 1.89 bits per heavy atom. The first kappa shape index (κ1) is 13.9. The van der Waals surface area contributed by atoms with Gasteiger partial charge in [-0.15, -0.1) is 0 Å². The fraction of sp³-hybridized carbons (Fsp3) is 0.308. The molecule has 0 radical (unpaired) electrons. The number of aromatic nitrogens is 2. The Balaban J connectivity index is 2.61. The van der Waals surface area contributed by atoms with Crippen LogP contribution >= 0.6 is 15.9 Å².